The first kappa shape index (κ1) is 19.8. The van der Waals surface area contributed by atoms with Crippen LogP contribution < -0.4 is 10.6 Å². The number of hydrogen-bond donors (Lipinski definition) is 2. The molecule has 0 fully saturated rings. The lowest BCUT2D eigenvalue weighted by molar-refractivity contribution is 0.0949. The van der Waals surface area contributed by atoms with Crippen LogP contribution in [-0.2, 0) is 12.8 Å². The Morgan fingerprint density at radius 3 is 2.46 bits per heavy atom. The van der Waals surface area contributed by atoms with E-state index in [0.29, 0.717) is 35.8 Å². The summed E-state index contributed by atoms with van der Waals surface area (Å²) in [6.07, 6.45) is 2.90. The molecule has 3 aromatic rings. The number of nitrogens with one attached hydrogen (secondary N) is 2. The van der Waals surface area contributed by atoms with E-state index in [2.05, 4.69) is 15.6 Å². The number of nitrogens with zero attached hydrogens (tertiary/aromatic N) is 1. The maximum Gasteiger partial charge on any atom is 0.269 e. The van der Waals surface area contributed by atoms with Crippen molar-refractivity contribution < 1.29 is 9.18 Å². The van der Waals surface area contributed by atoms with Crippen molar-refractivity contribution >= 4 is 23.2 Å². The van der Waals surface area contributed by atoms with Crippen LogP contribution in [0.4, 0.5) is 10.1 Å². The normalized spacial score (nSPS) is 10.5. The van der Waals surface area contributed by atoms with Gasteiger partial charge in [0.2, 0.25) is 0 Å². The molecule has 0 atom stereocenters. The molecule has 0 saturated heterocycles. The topological polar surface area (TPSA) is 54.0 Å². The van der Waals surface area contributed by atoms with Crippen LogP contribution in [0.5, 0.6) is 0 Å². The van der Waals surface area contributed by atoms with E-state index in [0.717, 1.165) is 17.7 Å². The number of aromatic nitrogens is 1. The quantitative estimate of drug-likeness (QED) is 0.588. The second kappa shape index (κ2) is 9.85. The van der Waals surface area contributed by atoms with Crippen molar-refractivity contribution in [2.24, 2.45) is 0 Å². The van der Waals surface area contributed by atoms with Gasteiger partial charge in [-0.1, -0.05) is 41.9 Å². The van der Waals surface area contributed by atoms with Crippen LogP contribution in [0.1, 0.15) is 21.6 Å². The molecule has 3 rings (SSSR count). The fraction of sp³-hybridized carbons (Fsp3) is 0.182. The Balaban J connectivity index is 1.43. The first-order valence-corrected chi connectivity index (χ1v) is 9.45. The predicted molar refractivity (Wildman–Crippen MR) is 110 cm³/mol. The van der Waals surface area contributed by atoms with E-state index in [4.69, 9.17) is 11.6 Å². The second-order valence-electron chi connectivity index (χ2n) is 6.33. The van der Waals surface area contributed by atoms with Gasteiger partial charge in [0.1, 0.15) is 11.5 Å². The van der Waals surface area contributed by atoms with Crippen LogP contribution in [0, 0.1) is 5.82 Å². The Bertz CT molecular complexity index is 914. The van der Waals surface area contributed by atoms with Crippen molar-refractivity contribution in [2.45, 2.75) is 12.8 Å². The van der Waals surface area contributed by atoms with Gasteiger partial charge >= 0.3 is 0 Å². The summed E-state index contributed by atoms with van der Waals surface area (Å²) in [5.41, 5.74) is 2.91. The van der Waals surface area contributed by atoms with Crippen molar-refractivity contribution in [1.82, 2.24) is 10.3 Å². The molecular weight excluding hydrogens is 377 g/mol. The largest absolute Gasteiger partial charge is 0.383 e. The van der Waals surface area contributed by atoms with Crippen molar-refractivity contribution in [3.63, 3.8) is 0 Å². The summed E-state index contributed by atoms with van der Waals surface area (Å²) in [5.74, 6) is -0.417. The Kier molecular flexibility index (Phi) is 6.98. The molecule has 2 N–H and O–H groups in total. The highest BCUT2D eigenvalue weighted by molar-refractivity contribution is 6.30. The van der Waals surface area contributed by atoms with Crippen molar-refractivity contribution in [1.29, 1.82) is 0 Å². The van der Waals surface area contributed by atoms with E-state index in [9.17, 15) is 9.18 Å². The third-order valence-electron chi connectivity index (χ3n) is 4.29. The SMILES string of the molecule is O=C(NCCc1ccc(Cl)cc1)c1ccc(NCCc2ccccc2F)cn1. The third-order valence-corrected chi connectivity index (χ3v) is 4.54. The zero-order valence-electron chi connectivity index (χ0n) is 15.3. The number of amides is 1. The van der Waals surface area contributed by atoms with Crippen LogP contribution in [-0.4, -0.2) is 24.0 Å². The number of carbonyl (C=O) groups excluding carboxylic acids is 1. The van der Waals surface area contributed by atoms with Gasteiger partial charge in [0, 0.05) is 18.1 Å². The average molecular weight is 398 g/mol. The minimum atomic E-state index is -0.216. The number of pyridine rings is 1. The van der Waals surface area contributed by atoms with Gasteiger partial charge in [0.25, 0.3) is 5.91 Å². The van der Waals surface area contributed by atoms with Gasteiger partial charge in [-0.15, -0.1) is 0 Å². The fourth-order valence-corrected chi connectivity index (χ4v) is 2.86. The lowest BCUT2D eigenvalue weighted by atomic mass is 10.1. The molecule has 0 saturated carbocycles. The number of anilines is 1. The summed E-state index contributed by atoms with van der Waals surface area (Å²) in [6, 6.07) is 17.7. The summed E-state index contributed by atoms with van der Waals surface area (Å²) in [6.45, 7) is 1.10. The standard InChI is InChI=1S/C22H21ClFN3O/c23-18-7-5-16(6-8-18)11-13-26-22(28)21-10-9-19(15-27-21)25-14-12-17-3-1-2-4-20(17)24/h1-10,15,25H,11-14H2,(H,26,28). The zero-order valence-corrected chi connectivity index (χ0v) is 16.0. The third kappa shape index (κ3) is 5.79. The monoisotopic (exact) mass is 397 g/mol. The second-order valence-corrected chi connectivity index (χ2v) is 6.77. The first-order chi connectivity index (χ1) is 13.6. The number of rotatable bonds is 8. The van der Waals surface area contributed by atoms with Gasteiger partial charge in [-0.25, -0.2) is 9.37 Å². The molecule has 0 aliphatic carbocycles. The number of carbonyl (C=O) groups is 1. The molecule has 28 heavy (non-hydrogen) atoms. The highest BCUT2D eigenvalue weighted by atomic mass is 35.5. The van der Waals surface area contributed by atoms with E-state index in [1.54, 1.807) is 30.5 Å². The molecule has 4 nitrogen and oxygen atoms in total. The number of hydrogen-bond acceptors (Lipinski definition) is 3. The minimum Gasteiger partial charge on any atom is -0.383 e. The summed E-state index contributed by atoms with van der Waals surface area (Å²) in [5, 5.41) is 6.73. The van der Waals surface area contributed by atoms with Gasteiger partial charge in [0.15, 0.2) is 0 Å². The molecule has 1 amide bonds. The maximum atomic E-state index is 13.6. The first-order valence-electron chi connectivity index (χ1n) is 9.08. The Labute approximate surface area is 168 Å². The summed E-state index contributed by atoms with van der Waals surface area (Å²) >= 11 is 5.86. The minimum absolute atomic E-state index is 0.201. The molecule has 0 bridgehead atoms. The Morgan fingerprint density at radius 2 is 1.75 bits per heavy atom. The molecular formula is C22H21ClFN3O. The van der Waals surface area contributed by atoms with E-state index >= 15 is 0 Å². The fourth-order valence-electron chi connectivity index (χ4n) is 2.74. The lowest BCUT2D eigenvalue weighted by Gasteiger charge is -2.08. The molecule has 0 radical (unpaired) electrons. The summed E-state index contributed by atoms with van der Waals surface area (Å²) in [4.78, 5) is 16.4. The maximum absolute atomic E-state index is 13.6. The molecule has 1 aromatic heterocycles. The summed E-state index contributed by atoms with van der Waals surface area (Å²) < 4.78 is 13.6. The Morgan fingerprint density at radius 1 is 0.964 bits per heavy atom. The average Bonchev–Trinajstić information content (AvgIpc) is 2.71. The molecule has 0 aliphatic rings. The van der Waals surface area contributed by atoms with Crippen LogP contribution in [0.2, 0.25) is 5.02 Å². The molecule has 6 heteroatoms. The zero-order chi connectivity index (χ0) is 19.8. The van der Waals surface area contributed by atoms with E-state index in [-0.39, 0.29) is 11.7 Å². The molecule has 0 spiro atoms. The predicted octanol–water partition coefficient (Wildman–Crippen LogP) is 4.50. The number of benzene rings is 2. The van der Waals surface area contributed by atoms with Gasteiger partial charge in [-0.3, -0.25) is 4.79 Å². The molecule has 1 heterocycles. The smallest absolute Gasteiger partial charge is 0.269 e. The van der Waals surface area contributed by atoms with Crippen LogP contribution in [0.3, 0.4) is 0 Å². The van der Waals surface area contributed by atoms with E-state index in [1.165, 1.54) is 6.07 Å². The molecule has 144 valence electrons. The van der Waals surface area contributed by atoms with Gasteiger partial charge in [-0.2, -0.15) is 0 Å². The van der Waals surface area contributed by atoms with Crippen LogP contribution in [0.25, 0.3) is 0 Å². The van der Waals surface area contributed by atoms with E-state index < -0.39 is 0 Å². The van der Waals surface area contributed by atoms with Crippen LogP contribution >= 0.6 is 11.6 Å². The van der Waals surface area contributed by atoms with Crippen LogP contribution in [0.15, 0.2) is 66.9 Å². The van der Waals surface area contributed by atoms with Crippen molar-refractivity contribution in [3.8, 4) is 0 Å². The lowest BCUT2D eigenvalue weighted by Crippen LogP contribution is -2.26. The van der Waals surface area contributed by atoms with Crippen molar-refractivity contribution in [3.05, 3.63) is 94.5 Å². The van der Waals surface area contributed by atoms with Gasteiger partial charge < -0.3 is 10.6 Å². The van der Waals surface area contributed by atoms with Gasteiger partial charge in [-0.05, 0) is 54.3 Å². The summed E-state index contributed by atoms with van der Waals surface area (Å²) in [7, 11) is 0. The van der Waals surface area contributed by atoms with Gasteiger partial charge in [0.05, 0.1) is 11.9 Å². The molecule has 2 aromatic carbocycles. The Hall–Kier alpha value is -2.92. The van der Waals surface area contributed by atoms with Crippen molar-refractivity contribution in [2.75, 3.05) is 18.4 Å². The highest BCUT2D eigenvalue weighted by Crippen LogP contribution is 2.11. The highest BCUT2D eigenvalue weighted by Gasteiger charge is 2.07. The van der Waals surface area contributed by atoms with E-state index in [1.807, 2.05) is 30.3 Å². The number of halogens is 2. The molecule has 0 unspecified atom stereocenters. The molecule has 0 aliphatic heterocycles.